The maximum Gasteiger partial charge on any atom is 0.320 e. The Morgan fingerprint density at radius 3 is 2.76 bits per heavy atom. The first kappa shape index (κ1) is 18.6. The van der Waals surface area contributed by atoms with Gasteiger partial charge in [0.25, 0.3) is 0 Å². The predicted octanol–water partition coefficient (Wildman–Crippen LogP) is 3.08. The van der Waals surface area contributed by atoms with Gasteiger partial charge < -0.3 is 11.1 Å². The second-order valence-corrected chi connectivity index (χ2v) is 6.67. The Morgan fingerprint density at radius 1 is 1.21 bits per heavy atom. The van der Waals surface area contributed by atoms with E-state index < -0.39 is 6.03 Å². The number of halogens is 1. The van der Waals surface area contributed by atoms with Crippen molar-refractivity contribution >= 4 is 40.2 Å². The molecule has 146 valence electrons. The molecule has 3 heterocycles. The Kier molecular flexibility index (Phi) is 4.73. The number of carbonyl (C=O) groups excluding carboxylic acids is 1. The number of rotatable bonds is 3. The molecular weight excluding hydrogens is 392 g/mol. The number of carbonyl (C=O) groups is 1. The number of nitrogens with zero attached hydrogens (tertiary/aromatic N) is 5. The topological polar surface area (TPSA) is 124 Å². The maximum atomic E-state index is 11.8. The highest BCUT2D eigenvalue weighted by Crippen LogP contribution is 2.35. The van der Waals surface area contributed by atoms with Crippen LogP contribution in [0.15, 0.2) is 42.7 Å². The van der Waals surface area contributed by atoms with Gasteiger partial charge in [0.1, 0.15) is 17.1 Å². The van der Waals surface area contributed by atoms with E-state index in [4.69, 9.17) is 17.3 Å². The molecule has 29 heavy (non-hydrogen) atoms. The molecule has 0 saturated heterocycles. The summed E-state index contributed by atoms with van der Waals surface area (Å²) in [7, 11) is 3.30. The third-order valence-electron chi connectivity index (χ3n) is 4.27. The second kappa shape index (κ2) is 7.36. The van der Waals surface area contributed by atoms with Crippen LogP contribution in [0, 0.1) is 0 Å². The summed E-state index contributed by atoms with van der Waals surface area (Å²) >= 11 is 6.46. The van der Waals surface area contributed by atoms with Crippen molar-refractivity contribution in [3.63, 3.8) is 0 Å². The molecule has 0 atom stereocenters. The number of hydrogen-bond acceptors (Lipinski definition) is 6. The quantitative estimate of drug-likeness (QED) is 0.478. The number of hydrogen-bond donors (Lipinski definition) is 3. The zero-order valence-electron chi connectivity index (χ0n) is 15.6. The van der Waals surface area contributed by atoms with Crippen LogP contribution in [0.5, 0.6) is 0 Å². The smallest absolute Gasteiger partial charge is 0.320 e. The van der Waals surface area contributed by atoms with Crippen molar-refractivity contribution < 1.29 is 4.79 Å². The molecular formula is C19H17ClN8O. The molecule has 4 rings (SSSR count). The molecule has 0 unspecified atom stereocenters. The first-order chi connectivity index (χ1) is 14.0. The van der Waals surface area contributed by atoms with E-state index in [2.05, 4.69) is 30.7 Å². The third-order valence-corrected chi connectivity index (χ3v) is 4.56. The van der Waals surface area contributed by atoms with E-state index in [0.29, 0.717) is 33.2 Å². The minimum atomic E-state index is -0.455. The van der Waals surface area contributed by atoms with Gasteiger partial charge in [0.05, 0.1) is 10.5 Å². The SMILES string of the molecule is CNC(=O)Nc1nc(-c2cc(Cl)c3ncccc3c2)c(-c2ccn(C)n2)nc1N. The molecule has 2 amide bonds. The number of benzene rings is 1. The van der Waals surface area contributed by atoms with Crippen LogP contribution < -0.4 is 16.4 Å². The molecule has 0 aliphatic heterocycles. The van der Waals surface area contributed by atoms with E-state index in [1.54, 1.807) is 30.2 Å². The third kappa shape index (κ3) is 3.55. The summed E-state index contributed by atoms with van der Waals surface area (Å²) in [6, 6.07) is 8.76. The molecule has 0 bridgehead atoms. The van der Waals surface area contributed by atoms with Gasteiger partial charge >= 0.3 is 6.03 Å². The van der Waals surface area contributed by atoms with E-state index in [9.17, 15) is 4.79 Å². The van der Waals surface area contributed by atoms with Gasteiger partial charge in [-0.3, -0.25) is 15.0 Å². The van der Waals surface area contributed by atoms with Gasteiger partial charge in [0.2, 0.25) is 0 Å². The van der Waals surface area contributed by atoms with Gasteiger partial charge in [-0.1, -0.05) is 17.7 Å². The summed E-state index contributed by atoms with van der Waals surface area (Å²) in [6.45, 7) is 0. The lowest BCUT2D eigenvalue weighted by atomic mass is 10.0. The number of urea groups is 1. The van der Waals surface area contributed by atoms with Crippen LogP contribution in [0.4, 0.5) is 16.4 Å². The average molecular weight is 409 g/mol. The van der Waals surface area contributed by atoms with E-state index >= 15 is 0 Å². The fraction of sp³-hybridized carbons (Fsp3) is 0.105. The molecule has 0 saturated carbocycles. The highest BCUT2D eigenvalue weighted by atomic mass is 35.5. The van der Waals surface area contributed by atoms with Gasteiger partial charge in [-0.2, -0.15) is 5.10 Å². The molecule has 0 spiro atoms. The van der Waals surface area contributed by atoms with Crippen molar-refractivity contribution in [3.8, 4) is 22.6 Å². The Morgan fingerprint density at radius 2 is 2.03 bits per heavy atom. The van der Waals surface area contributed by atoms with E-state index in [-0.39, 0.29) is 11.6 Å². The largest absolute Gasteiger partial charge is 0.381 e. The Hall–Kier alpha value is -3.72. The number of fused-ring (bicyclic) bond motifs is 1. The molecule has 10 heteroatoms. The van der Waals surface area contributed by atoms with Crippen LogP contribution in [-0.2, 0) is 7.05 Å². The average Bonchev–Trinajstić information content (AvgIpc) is 3.15. The lowest BCUT2D eigenvalue weighted by Gasteiger charge is -2.13. The fourth-order valence-electron chi connectivity index (χ4n) is 2.92. The molecule has 0 fully saturated rings. The molecule has 0 aliphatic rings. The summed E-state index contributed by atoms with van der Waals surface area (Å²) in [5, 5.41) is 10.8. The number of nitrogens with two attached hydrogens (primary N) is 1. The Bertz CT molecular complexity index is 1240. The van der Waals surface area contributed by atoms with Crippen LogP contribution in [0.1, 0.15) is 0 Å². The summed E-state index contributed by atoms with van der Waals surface area (Å²) in [6.07, 6.45) is 3.48. The van der Waals surface area contributed by atoms with Gasteiger partial charge in [0.15, 0.2) is 11.6 Å². The number of anilines is 2. The molecule has 4 aromatic rings. The van der Waals surface area contributed by atoms with Crippen molar-refractivity contribution in [1.29, 1.82) is 0 Å². The molecule has 0 radical (unpaired) electrons. The summed E-state index contributed by atoms with van der Waals surface area (Å²) in [5.74, 6) is 0.216. The first-order valence-corrected chi connectivity index (χ1v) is 9.05. The van der Waals surface area contributed by atoms with Crippen molar-refractivity contribution in [3.05, 3.63) is 47.7 Å². The highest BCUT2D eigenvalue weighted by molar-refractivity contribution is 6.35. The molecule has 3 aromatic heterocycles. The van der Waals surface area contributed by atoms with Crippen molar-refractivity contribution in [1.82, 2.24) is 30.0 Å². The molecule has 0 aliphatic carbocycles. The Labute approximate surface area is 170 Å². The van der Waals surface area contributed by atoms with Gasteiger partial charge in [0, 0.05) is 37.4 Å². The number of nitrogen functional groups attached to an aromatic ring is 1. The Balaban J connectivity index is 1.96. The number of aromatic nitrogens is 5. The summed E-state index contributed by atoms with van der Waals surface area (Å²) < 4.78 is 1.66. The number of amides is 2. The van der Waals surface area contributed by atoms with E-state index in [1.807, 2.05) is 24.3 Å². The van der Waals surface area contributed by atoms with Crippen LogP contribution >= 0.6 is 11.6 Å². The molecule has 9 nitrogen and oxygen atoms in total. The lowest BCUT2D eigenvalue weighted by molar-refractivity contribution is 0.254. The minimum absolute atomic E-state index is 0.0755. The van der Waals surface area contributed by atoms with Crippen molar-refractivity contribution in [2.75, 3.05) is 18.1 Å². The number of pyridine rings is 1. The van der Waals surface area contributed by atoms with Crippen LogP contribution in [0.3, 0.4) is 0 Å². The van der Waals surface area contributed by atoms with E-state index in [0.717, 1.165) is 5.39 Å². The van der Waals surface area contributed by atoms with Crippen LogP contribution in [0.25, 0.3) is 33.5 Å². The fourth-order valence-corrected chi connectivity index (χ4v) is 3.19. The zero-order valence-corrected chi connectivity index (χ0v) is 16.4. The maximum absolute atomic E-state index is 11.8. The number of aryl methyl sites for hydroxylation is 1. The summed E-state index contributed by atoms with van der Waals surface area (Å²) in [4.78, 5) is 25.1. The van der Waals surface area contributed by atoms with E-state index in [1.165, 1.54) is 7.05 Å². The van der Waals surface area contributed by atoms with Crippen LogP contribution in [-0.4, -0.2) is 37.8 Å². The standard InChI is InChI=1S/C19H17ClN8O/c1-22-19(29)26-18-17(21)24-16(13-5-7-28(2)27-13)15(25-18)11-8-10-4-3-6-23-14(10)12(20)9-11/h3-9H,1-2H3,(H2,21,24)(H2,22,25,26,29). The normalized spacial score (nSPS) is 10.9. The number of nitrogens with one attached hydrogen (secondary N) is 2. The molecule has 1 aromatic carbocycles. The summed E-state index contributed by atoms with van der Waals surface area (Å²) in [5.41, 5.74) is 8.98. The predicted molar refractivity (Wildman–Crippen MR) is 112 cm³/mol. The van der Waals surface area contributed by atoms with Gasteiger partial charge in [-0.15, -0.1) is 0 Å². The zero-order chi connectivity index (χ0) is 20.5. The lowest BCUT2D eigenvalue weighted by Crippen LogP contribution is -2.26. The van der Waals surface area contributed by atoms with Gasteiger partial charge in [-0.25, -0.2) is 14.8 Å². The van der Waals surface area contributed by atoms with Crippen molar-refractivity contribution in [2.24, 2.45) is 7.05 Å². The monoisotopic (exact) mass is 408 g/mol. The highest BCUT2D eigenvalue weighted by Gasteiger charge is 2.19. The van der Waals surface area contributed by atoms with Gasteiger partial charge in [-0.05, 0) is 24.3 Å². The minimum Gasteiger partial charge on any atom is -0.381 e. The van der Waals surface area contributed by atoms with Crippen LogP contribution in [0.2, 0.25) is 5.02 Å². The molecule has 4 N–H and O–H groups in total. The second-order valence-electron chi connectivity index (χ2n) is 6.27. The first-order valence-electron chi connectivity index (χ1n) is 8.67. The van der Waals surface area contributed by atoms with Crippen molar-refractivity contribution in [2.45, 2.75) is 0 Å².